The number of nitrogens with zero attached hydrogens (tertiary/aromatic N) is 5. The Bertz CT molecular complexity index is 824. The lowest BCUT2D eigenvalue weighted by molar-refractivity contribution is 0.220. The van der Waals surface area contributed by atoms with Gasteiger partial charge in [0.1, 0.15) is 11.2 Å². The van der Waals surface area contributed by atoms with Gasteiger partial charge in [-0.25, -0.2) is 9.69 Å². The number of hydrogen-bond acceptors (Lipinski definition) is 5. The van der Waals surface area contributed by atoms with Crippen molar-refractivity contribution in [1.29, 1.82) is 0 Å². The summed E-state index contributed by atoms with van der Waals surface area (Å²) in [6, 6.07) is 10.3. The summed E-state index contributed by atoms with van der Waals surface area (Å²) in [5, 5.41) is 10.6. The summed E-state index contributed by atoms with van der Waals surface area (Å²) in [5.74, 6) is 0. The molecule has 1 aliphatic heterocycles. The van der Waals surface area contributed by atoms with Gasteiger partial charge in [-0.15, -0.1) is 16.8 Å². The average molecular weight is 442 g/mol. The van der Waals surface area contributed by atoms with E-state index >= 15 is 0 Å². The number of amides is 2. The molecule has 6 nitrogen and oxygen atoms in total. The smallest absolute Gasteiger partial charge is 0.328 e. The number of hydrogen-bond donors (Lipinski definition) is 0. The number of anilines is 2. The SMILES string of the molecule is C=CCCCN1CC(N(CC)c2ccccc2)N(c2nnc(CCCCCC)s2)C1=O. The van der Waals surface area contributed by atoms with Crippen molar-refractivity contribution in [1.82, 2.24) is 15.1 Å². The molecule has 3 rings (SSSR count). The van der Waals surface area contributed by atoms with Crippen molar-refractivity contribution in [2.75, 3.05) is 29.4 Å². The fourth-order valence-electron chi connectivity index (χ4n) is 4.03. The van der Waals surface area contributed by atoms with Crippen LogP contribution in [0, 0.1) is 0 Å². The van der Waals surface area contributed by atoms with Crippen molar-refractivity contribution in [3.05, 3.63) is 48.0 Å². The lowest BCUT2D eigenvalue weighted by Gasteiger charge is -2.33. The van der Waals surface area contributed by atoms with E-state index in [1.54, 1.807) is 11.3 Å². The lowest BCUT2D eigenvalue weighted by Crippen LogP contribution is -2.47. The molecule has 1 unspecified atom stereocenters. The number of benzene rings is 1. The molecule has 2 amide bonds. The van der Waals surface area contributed by atoms with Crippen molar-refractivity contribution in [2.24, 2.45) is 0 Å². The highest BCUT2D eigenvalue weighted by molar-refractivity contribution is 7.15. The van der Waals surface area contributed by atoms with Crippen molar-refractivity contribution in [2.45, 2.75) is 65.0 Å². The van der Waals surface area contributed by atoms with Crippen LogP contribution in [0.15, 0.2) is 43.0 Å². The van der Waals surface area contributed by atoms with E-state index in [1.807, 2.05) is 34.1 Å². The van der Waals surface area contributed by atoms with Crippen molar-refractivity contribution < 1.29 is 4.79 Å². The second-order valence-electron chi connectivity index (χ2n) is 7.92. The maximum absolute atomic E-state index is 13.4. The van der Waals surface area contributed by atoms with E-state index in [-0.39, 0.29) is 12.2 Å². The highest BCUT2D eigenvalue weighted by atomic mass is 32.1. The third-order valence-corrected chi connectivity index (χ3v) is 6.67. The zero-order valence-corrected chi connectivity index (χ0v) is 19.7. The first-order chi connectivity index (χ1) is 15.2. The van der Waals surface area contributed by atoms with Gasteiger partial charge in [0.25, 0.3) is 0 Å². The van der Waals surface area contributed by atoms with Crippen LogP contribution < -0.4 is 9.80 Å². The predicted octanol–water partition coefficient (Wildman–Crippen LogP) is 5.72. The maximum Gasteiger partial charge on any atom is 0.328 e. The number of unbranched alkanes of at least 4 members (excludes halogenated alkanes) is 4. The molecule has 1 saturated heterocycles. The first-order valence-corrected chi connectivity index (χ1v) is 12.3. The number of carbonyl (C=O) groups excluding carboxylic acids is 1. The fraction of sp³-hybridized carbons (Fsp3) is 0.542. The van der Waals surface area contributed by atoms with Crippen LogP contribution in [0.2, 0.25) is 0 Å². The number of likely N-dealkylation sites (N-methyl/N-ethyl adjacent to an activating group) is 1. The Hall–Kier alpha value is -2.41. The molecular formula is C24H35N5OS. The summed E-state index contributed by atoms with van der Waals surface area (Å²) in [6.45, 7) is 10.3. The summed E-state index contributed by atoms with van der Waals surface area (Å²) in [4.78, 5) is 19.5. The van der Waals surface area contributed by atoms with Crippen LogP contribution in [0.5, 0.6) is 0 Å². The number of aromatic nitrogens is 2. The quantitative estimate of drug-likeness (QED) is 0.295. The predicted molar refractivity (Wildman–Crippen MR) is 130 cm³/mol. The zero-order valence-electron chi connectivity index (χ0n) is 18.9. The molecule has 168 valence electrons. The zero-order chi connectivity index (χ0) is 22.1. The highest BCUT2D eigenvalue weighted by Gasteiger charge is 2.42. The summed E-state index contributed by atoms with van der Waals surface area (Å²) in [5.41, 5.74) is 1.12. The van der Waals surface area contributed by atoms with Crippen LogP contribution in [0.1, 0.15) is 57.4 Å². The lowest BCUT2D eigenvalue weighted by atomic mass is 10.2. The van der Waals surface area contributed by atoms with E-state index in [0.29, 0.717) is 11.7 Å². The molecule has 1 atom stereocenters. The molecule has 31 heavy (non-hydrogen) atoms. The molecule has 1 fully saturated rings. The molecule has 0 saturated carbocycles. The Morgan fingerprint density at radius 3 is 2.68 bits per heavy atom. The average Bonchev–Trinajstić information content (AvgIpc) is 3.37. The molecule has 2 heterocycles. The normalized spacial score (nSPS) is 16.2. The van der Waals surface area contributed by atoms with Crippen LogP contribution in [-0.2, 0) is 6.42 Å². The molecule has 1 aliphatic rings. The van der Waals surface area contributed by atoms with Gasteiger partial charge in [0.05, 0.1) is 6.54 Å². The van der Waals surface area contributed by atoms with Gasteiger partial charge in [-0.2, -0.15) is 0 Å². The number of allylic oxidation sites excluding steroid dienone is 1. The van der Waals surface area contributed by atoms with Gasteiger partial charge < -0.3 is 9.80 Å². The van der Waals surface area contributed by atoms with Crippen molar-refractivity contribution in [3.8, 4) is 0 Å². The number of urea groups is 1. The van der Waals surface area contributed by atoms with Crippen LogP contribution in [0.25, 0.3) is 0 Å². The Kier molecular flexibility index (Phi) is 8.88. The van der Waals surface area contributed by atoms with Crippen molar-refractivity contribution in [3.63, 3.8) is 0 Å². The van der Waals surface area contributed by atoms with Crippen LogP contribution >= 0.6 is 11.3 Å². The third kappa shape index (κ3) is 5.85. The second kappa shape index (κ2) is 11.8. The summed E-state index contributed by atoms with van der Waals surface area (Å²) < 4.78 is 0. The van der Waals surface area contributed by atoms with E-state index in [9.17, 15) is 4.79 Å². The number of carbonyl (C=O) groups is 1. The second-order valence-corrected chi connectivity index (χ2v) is 8.96. The van der Waals surface area contributed by atoms with Gasteiger partial charge in [0.2, 0.25) is 5.13 Å². The summed E-state index contributed by atoms with van der Waals surface area (Å²) in [7, 11) is 0. The van der Waals surface area contributed by atoms with Gasteiger partial charge in [-0.1, -0.05) is 61.8 Å². The molecule has 0 aliphatic carbocycles. The number of rotatable bonds is 13. The van der Waals surface area contributed by atoms with Crippen LogP contribution in [0.3, 0.4) is 0 Å². The third-order valence-electron chi connectivity index (χ3n) is 5.69. The van der Waals surface area contributed by atoms with Crippen LogP contribution in [0.4, 0.5) is 15.6 Å². The van der Waals surface area contributed by atoms with Crippen molar-refractivity contribution >= 4 is 28.2 Å². The molecule has 1 aromatic carbocycles. The van der Waals surface area contributed by atoms with E-state index in [1.165, 1.54) is 19.3 Å². The minimum absolute atomic E-state index is 0.0251. The highest BCUT2D eigenvalue weighted by Crippen LogP contribution is 2.32. The standard InChI is InChI=1S/C24H35N5OS/c1-4-7-9-13-17-21-25-26-23(31-21)29-22(19-27(24(29)30)18-14-8-5-2)28(6-3)20-15-11-10-12-16-20/h5,10-12,15-16,22H,2,4,6-9,13-14,17-19H2,1,3H3. The van der Waals surface area contributed by atoms with Crippen LogP contribution in [-0.4, -0.2) is 46.9 Å². The molecule has 2 aromatic rings. The molecule has 7 heteroatoms. The molecule has 0 N–H and O–H groups in total. The summed E-state index contributed by atoms with van der Waals surface area (Å²) in [6.07, 6.45) is 9.39. The Morgan fingerprint density at radius 2 is 1.97 bits per heavy atom. The summed E-state index contributed by atoms with van der Waals surface area (Å²) >= 11 is 1.56. The number of aryl methyl sites for hydroxylation is 1. The van der Waals surface area contributed by atoms with Gasteiger partial charge in [0.15, 0.2) is 0 Å². The van der Waals surface area contributed by atoms with Gasteiger partial charge in [-0.3, -0.25) is 0 Å². The molecule has 1 aromatic heterocycles. The molecule has 0 bridgehead atoms. The van der Waals surface area contributed by atoms with E-state index in [0.717, 1.165) is 49.5 Å². The monoisotopic (exact) mass is 441 g/mol. The molecule has 0 radical (unpaired) electrons. The van der Waals surface area contributed by atoms with E-state index < -0.39 is 0 Å². The molecular weight excluding hydrogens is 406 g/mol. The Morgan fingerprint density at radius 1 is 1.16 bits per heavy atom. The van der Waals surface area contributed by atoms with E-state index in [4.69, 9.17) is 0 Å². The fourth-order valence-corrected chi connectivity index (χ4v) is 4.95. The minimum Gasteiger partial charge on any atom is -0.349 e. The first-order valence-electron chi connectivity index (χ1n) is 11.5. The minimum atomic E-state index is -0.0930. The van der Waals surface area contributed by atoms with Gasteiger partial charge >= 0.3 is 6.03 Å². The van der Waals surface area contributed by atoms with E-state index in [2.05, 4.69) is 47.7 Å². The largest absolute Gasteiger partial charge is 0.349 e. The molecule has 0 spiro atoms. The topological polar surface area (TPSA) is 52.6 Å². The van der Waals surface area contributed by atoms with Gasteiger partial charge in [-0.05, 0) is 38.3 Å². The Balaban J connectivity index is 1.82. The maximum atomic E-state index is 13.4. The number of para-hydroxylation sites is 1. The first kappa shape index (κ1) is 23.3. The Labute approximate surface area is 190 Å². The van der Waals surface area contributed by atoms with Gasteiger partial charge in [0, 0.05) is 25.2 Å².